The quantitative estimate of drug-likeness (QED) is 0.0983. The van der Waals surface area contributed by atoms with Crippen LogP contribution in [0.15, 0.2) is 91.0 Å². The number of hydrogen-bond acceptors (Lipinski definition) is 20. The Labute approximate surface area is 389 Å². The lowest BCUT2D eigenvalue weighted by Crippen LogP contribution is -2.37. The molecule has 4 heterocycles. The van der Waals surface area contributed by atoms with Gasteiger partial charge in [-0.1, -0.05) is 18.2 Å². The van der Waals surface area contributed by atoms with Gasteiger partial charge in [-0.25, -0.2) is 0 Å². The van der Waals surface area contributed by atoms with Gasteiger partial charge in [0.25, 0.3) is 0 Å². The van der Waals surface area contributed by atoms with E-state index in [-0.39, 0.29) is 86.5 Å². The van der Waals surface area contributed by atoms with Crippen molar-refractivity contribution < 1.29 is 99.3 Å². The van der Waals surface area contributed by atoms with E-state index in [2.05, 4.69) is 0 Å². The molecule has 0 unspecified atom stereocenters. The molecule has 0 bridgehead atoms. The van der Waals surface area contributed by atoms with Gasteiger partial charge in [-0.2, -0.15) is 0 Å². The zero-order valence-electron chi connectivity index (χ0n) is 35.8. The molecule has 69 heavy (non-hydrogen) atoms. The monoisotopic (exact) mass is 950 g/mol. The normalized spacial score (nSPS) is 22.9. The second-order valence-corrected chi connectivity index (χ2v) is 16.4. The zero-order chi connectivity index (χ0) is 49.2. The lowest BCUT2D eigenvalue weighted by molar-refractivity contribution is -0.0130. The van der Waals surface area contributed by atoms with Gasteiger partial charge in [0.2, 0.25) is 11.6 Å². The maximum absolute atomic E-state index is 12.7. The maximum Gasteiger partial charge on any atom is 0.202 e. The molecule has 12 N–H and O–H groups in total. The van der Waals surface area contributed by atoms with Crippen LogP contribution >= 0.6 is 0 Å². The van der Waals surface area contributed by atoms with E-state index < -0.39 is 78.3 Å². The van der Waals surface area contributed by atoms with E-state index in [0.29, 0.717) is 28.0 Å². The van der Waals surface area contributed by atoms with Gasteiger partial charge in [0.05, 0.1) is 26.2 Å². The Kier molecular flexibility index (Phi) is 11.8. The molecule has 0 saturated carbocycles. The zero-order valence-corrected chi connectivity index (χ0v) is 35.8. The average molecular weight is 951 g/mol. The molecular weight excluding hydrogens is 909 g/mol. The van der Waals surface area contributed by atoms with E-state index in [4.69, 9.17) is 28.4 Å². The number of Topliss-reactive ketones (excluding diaryl/α,β-unsaturated/α-hetero) is 2. The number of phenolic OH excluding ortho intramolecular Hbond substituents is 8. The van der Waals surface area contributed by atoms with E-state index in [1.54, 1.807) is 30.3 Å². The Balaban J connectivity index is 0.000000172. The number of aromatic hydroxyl groups is 8. The molecule has 0 aliphatic carbocycles. The van der Waals surface area contributed by atoms with Crippen LogP contribution in [0.1, 0.15) is 78.9 Å². The fraction of sp³-hybridized carbons (Fsp3) is 0.224. The van der Waals surface area contributed by atoms with Crippen molar-refractivity contribution in [3.05, 3.63) is 130 Å². The van der Waals surface area contributed by atoms with Crippen LogP contribution in [-0.2, 0) is 0 Å². The molecule has 0 amide bonds. The first kappa shape index (κ1) is 45.8. The van der Waals surface area contributed by atoms with Crippen molar-refractivity contribution in [3.63, 3.8) is 0 Å². The van der Waals surface area contributed by atoms with E-state index in [1.165, 1.54) is 49.6 Å². The summed E-state index contributed by atoms with van der Waals surface area (Å²) in [5.41, 5.74) is 1.50. The fourth-order valence-corrected chi connectivity index (χ4v) is 8.75. The number of benzene rings is 6. The topological polar surface area (TPSA) is 332 Å². The number of fused-ring (bicyclic) bond motifs is 4. The van der Waals surface area contributed by atoms with Crippen molar-refractivity contribution >= 4 is 11.6 Å². The van der Waals surface area contributed by atoms with Crippen LogP contribution in [0.25, 0.3) is 0 Å². The van der Waals surface area contributed by atoms with Crippen molar-refractivity contribution in [2.24, 2.45) is 0 Å². The van der Waals surface area contributed by atoms with Crippen LogP contribution < -0.4 is 28.4 Å². The molecular formula is C49H42O20. The first-order chi connectivity index (χ1) is 33.0. The lowest BCUT2D eigenvalue weighted by Gasteiger charge is -2.35. The second kappa shape index (κ2) is 17.7. The highest BCUT2D eigenvalue weighted by Crippen LogP contribution is 2.53. The van der Waals surface area contributed by atoms with Gasteiger partial charge in [0.15, 0.2) is 82.6 Å². The summed E-state index contributed by atoms with van der Waals surface area (Å²) in [5.74, 6) is -4.31. The number of aliphatic hydroxyl groups is 4. The SMILES string of the molecule is COc1cc([C@H]2Oc3cc([C@H]4Oc5cc(O)cc(O)c5C(=O)[C@@H]4O)ccc3O[C@@H]2CO)ccc1O.O=C1c2c(O)cc(O)cc2O[C@H](c2cc(O)c3c(c2)[C@@H](CO)[C@H](c2ccc(O)c(O)c2)O3)[C@H]1O. The molecule has 0 radical (unpaired) electrons. The summed E-state index contributed by atoms with van der Waals surface area (Å²) >= 11 is 0. The number of hydrogen-bond donors (Lipinski definition) is 12. The van der Waals surface area contributed by atoms with Gasteiger partial charge in [-0.3, -0.25) is 9.59 Å². The van der Waals surface area contributed by atoms with Gasteiger partial charge in [0.1, 0.15) is 51.7 Å². The summed E-state index contributed by atoms with van der Waals surface area (Å²) in [6.07, 6.45) is -8.09. The fourth-order valence-electron chi connectivity index (χ4n) is 8.75. The summed E-state index contributed by atoms with van der Waals surface area (Å²) in [5, 5.41) is 121. The first-order valence-electron chi connectivity index (χ1n) is 21.0. The maximum atomic E-state index is 12.7. The molecule has 0 fully saturated rings. The summed E-state index contributed by atoms with van der Waals surface area (Å²) in [4.78, 5) is 25.5. The largest absolute Gasteiger partial charge is 0.508 e. The van der Waals surface area contributed by atoms with Gasteiger partial charge in [-0.15, -0.1) is 0 Å². The molecule has 358 valence electrons. The minimum atomic E-state index is -1.72. The molecule has 0 spiro atoms. The Bertz CT molecular complexity index is 3020. The van der Waals surface area contributed by atoms with E-state index >= 15 is 0 Å². The standard InChI is InChI=1S/C25H22O10.C24H20O10/c1-32-17-6-11(2-4-14(17)28)24-20(10-26)33-16-5-3-12(7-18(16)34-24)25-23(31)22(30)21-15(29)8-13(27)9-19(21)35-25;25-8-13-12-3-10(23-21(32)20(31)19-16(29)6-11(26)7-18(19)33-23)5-17(30)24(12)34-22(13)9-1-2-14(27)15(28)4-9/h2-9,20,23-29,31H,10H2,1H3;1-7,13,21-23,25-30,32H,8H2/t20-,23+,24-,25-;13-,21+,22+,23-/m11/s1. The van der Waals surface area contributed by atoms with Crippen LogP contribution in [-0.4, -0.2) is 111 Å². The molecule has 0 saturated heterocycles. The number of ketones is 2. The van der Waals surface area contributed by atoms with Crippen LogP contribution in [0.3, 0.4) is 0 Å². The van der Waals surface area contributed by atoms with Crippen LogP contribution in [0.5, 0.6) is 80.5 Å². The molecule has 4 aliphatic rings. The molecule has 6 aromatic rings. The van der Waals surface area contributed by atoms with E-state index in [0.717, 1.165) is 18.2 Å². The number of carbonyl (C=O) groups excluding carboxylic acids is 2. The highest BCUT2D eigenvalue weighted by Gasteiger charge is 2.44. The third kappa shape index (κ3) is 8.09. The Morgan fingerprint density at radius 1 is 0.464 bits per heavy atom. The average Bonchev–Trinajstić information content (AvgIpc) is 3.70. The van der Waals surface area contributed by atoms with Gasteiger partial charge in [0, 0.05) is 35.4 Å². The predicted octanol–water partition coefficient (Wildman–Crippen LogP) is 4.46. The lowest BCUT2D eigenvalue weighted by atomic mass is 9.87. The van der Waals surface area contributed by atoms with Crippen LogP contribution in [0.4, 0.5) is 0 Å². The highest BCUT2D eigenvalue weighted by molar-refractivity contribution is 6.06. The summed E-state index contributed by atoms with van der Waals surface area (Å²) in [7, 11) is 1.41. The van der Waals surface area contributed by atoms with Crippen molar-refractivity contribution in [3.8, 4) is 80.5 Å². The smallest absolute Gasteiger partial charge is 0.202 e. The Morgan fingerprint density at radius 3 is 1.58 bits per heavy atom. The number of phenols is 8. The van der Waals surface area contributed by atoms with E-state index in [1.807, 2.05) is 0 Å². The van der Waals surface area contributed by atoms with Crippen molar-refractivity contribution in [1.82, 2.24) is 0 Å². The number of methoxy groups -OCH3 is 1. The molecule has 6 aromatic carbocycles. The molecule has 8 atom stereocenters. The van der Waals surface area contributed by atoms with Crippen molar-refractivity contribution in [2.45, 2.75) is 48.6 Å². The van der Waals surface area contributed by atoms with Crippen LogP contribution in [0.2, 0.25) is 0 Å². The molecule has 4 aliphatic heterocycles. The number of ether oxygens (including phenoxy) is 6. The van der Waals surface area contributed by atoms with Gasteiger partial charge < -0.3 is 89.7 Å². The van der Waals surface area contributed by atoms with Gasteiger partial charge in [-0.05, 0) is 65.2 Å². The van der Waals surface area contributed by atoms with Crippen molar-refractivity contribution in [1.29, 1.82) is 0 Å². The molecule has 10 rings (SSSR count). The molecule has 20 nitrogen and oxygen atoms in total. The third-order valence-corrected chi connectivity index (χ3v) is 12.1. The minimum absolute atomic E-state index is 0.0540. The highest BCUT2D eigenvalue weighted by atomic mass is 16.6. The minimum Gasteiger partial charge on any atom is -0.508 e. The summed E-state index contributed by atoms with van der Waals surface area (Å²) in [6.45, 7) is -0.752. The summed E-state index contributed by atoms with van der Waals surface area (Å²) in [6, 6.07) is 20.4. The first-order valence-corrected chi connectivity index (χ1v) is 21.0. The number of carbonyl (C=O) groups is 2. The second-order valence-electron chi connectivity index (χ2n) is 16.4. The third-order valence-electron chi connectivity index (χ3n) is 12.1. The van der Waals surface area contributed by atoms with Crippen molar-refractivity contribution in [2.75, 3.05) is 20.3 Å². The summed E-state index contributed by atoms with van der Waals surface area (Å²) < 4.78 is 34.6. The van der Waals surface area contributed by atoms with Gasteiger partial charge >= 0.3 is 0 Å². The molecule has 0 aromatic heterocycles. The number of rotatable bonds is 7. The molecule has 20 heteroatoms. The predicted molar refractivity (Wildman–Crippen MR) is 234 cm³/mol. The van der Waals surface area contributed by atoms with E-state index in [9.17, 15) is 70.9 Å². The number of aliphatic hydroxyl groups excluding tert-OH is 4. The Morgan fingerprint density at radius 2 is 1.00 bits per heavy atom. The Hall–Kier alpha value is -8.30. The van der Waals surface area contributed by atoms with Crippen LogP contribution in [0, 0.1) is 0 Å².